The van der Waals surface area contributed by atoms with Crippen LogP contribution >= 0.6 is 0 Å². The Labute approximate surface area is 168 Å². The van der Waals surface area contributed by atoms with Crippen molar-refractivity contribution in [3.8, 4) is 0 Å². The molecule has 3 aromatic rings. The van der Waals surface area contributed by atoms with Crippen LogP contribution in [0.5, 0.6) is 0 Å². The van der Waals surface area contributed by atoms with E-state index in [0.717, 1.165) is 37.1 Å². The van der Waals surface area contributed by atoms with Crippen molar-refractivity contribution in [1.29, 1.82) is 0 Å². The second-order valence-electron chi connectivity index (χ2n) is 6.92. The molecule has 148 valence electrons. The zero-order valence-electron chi connectivity index (χ0n) is 15.9. The third-order valence-corrected chi connectivity index (χ3v) is 4.95. The zero-order chi connectivity index (χ0) is 20.1. The second kappa shape index (κ2) is 8.55. The molecule has 0 spiro atoms. The van der Waals surface area contributed by atoms with Gasteiger partial charge in [-0.25, -0.2) is 9.97 Å². The van der Waals surface area contributed by atoms with Gasteiger partial charge in [-0.2, -0.15) is 0 Å². The summed E-state index contributed by atoms with van der Waals surface area (Å²) in [6, 6.07) is 19.4. The van der Waals surface area contributed by atoms with Gasteiger partial charge in [0, 0.05) is 6.04 Å². The minimum Gasteiger partial charge on any atom is -0.361 e. The number of aromatic nitrogens is 2. The summed E-state index contributed by atoms with van der Waals surface area (Å²) in [4.78, 5) is 19.8. The predicted octanol–water partition coefficient (Wildman–Crippen LogP) is 4.90. The molecule has 29 heavy (non-hydrogen) atoms. The monoisotopic (exact) mass is 390 g/mol. The molecule has 0 unspecified atom stereocenters. The highest BCUT2D eigenvalue weighted by molar-refractivity contribution is 5.75. The maximum absolute atomic E-state index is 11.9. The first kappa shape index (κ1) is 18.7. The number of nitrogens with one attached hydrogen (secondary N) is 2. The fourth-order valence-electron chi connectivity index (χ4n) is 3.54. The Hall–Kier alpha value is -3.68. The van der Waals surface area contributed by atoms with E-state index in [-0.39, 0.29) is 23.4 Å². The van der Waals surface area contributed by atoms with Crippen LogP contribution in [0.2, 0.25) is 0 Å². The van der Waals surface area contributed by atoms with Gasteiger partial charge >= 0.3 is 5.69 Å². The highest BCUT2D eigenvalue weighted by atomic mass is 16.6. The number of anilines is 4. The van der Waals surface area contributed by atoms with Crippen molar-refractivity contribution in [2.75, 3.05) is 15.8 Å². The van der Waals surface area contributed by atoms with Crippen LogP contribution in [0.3, 0.4) is 0 Å². The van der Waals surface area contributed by atoms with Gasteiger partial charge in [-0.1, -0.05) is 49.2 Å². The van der Waals surface area contributed by atoms with Crippen molar-refractivity contribution >= 4 is 28.7 Å². The molecular formula is C21H22N6O2. The summed E-state index contributed by atoms with van der Waals surface area (Å²) in [5.41, 5.74) is 4.63. The van der Waals surface area contributed by atoms with E-state index in [9.17, 15) is 10.1 Å². The zero-order valence-corrected chi connectivity index (χ0v) is 15.9. The lowest BCUT2D eigenvalue weighted by molar-refractivity contribution is -0.383. The van der Waals surface area contributed by atoms with E-state index < -0.39 is 4.92 Å². The van der Waals surface area contributed by atoms with Gasteiger partial charge in [0.25, 0.3) is 0 Å². The van der Waals surface area contributed by atoms with E-state index >= 15 is 0 Å². The molecule has 2 aromatic carbocycles. The van der Waals surface area contributed by atoms with Gasteiger partial charge in [-0.05, 0) is 37.1 Å². The number of benzene rings is 2. The van der Waals surface area contributed by atoms with Gasteiger partial charge in [0.05, 0.1) is 16.3 Å². The third kappa shape index (κ3) is 4.26. The second-order valence-corrected chi connectivity index (χ2v) is 6.92. The number of para-hydroxylation sites is 2. The van der Waals surface area contributed by atoms with Crippen molar-refractivity contribution in [2.24, 2.45) is 0 Å². The Balaban J connectivity index is 1.71. The smallest absolute Gasteiger partial charge is 0.354 e. The molecule has 0 atom stereocenters. The van der Waals surface area contributed by atoms with E-state index in [2.05, 4.69) is 20.7 Å². The quantitative estimate of drug-likeness (QED) is 0.437. The summed E-state index contributed by atoms with van der Waals surface area (Å²) in [5, 5.41) is 16.9. The fraction of sp³-hybridized carbons (Fsp3) is 0.238. The van der Waals surface area contributed by atoms with Crippen molar-refractivity contribution in [2.45, 2.75) is 31.7 Å². The summed E-state index contributed by atoms with van der Waals surface area (Å²) in [7, 11) is 0. The topological polar surface area (TPSA) is 96.2 Å². The Bertz CT molecular complexity index is 922. The number of hydrogen-bond acceptors (Lipinski definition) is 7. The lowest BCUT2D eigenvalue weighted by Gasteiger charge is -2.26. The lowest BCUT2D eigenvalue weighted by Crippen LogP contribution is -2.26. The minimum atomic E-state index is -0.437. The molecule has 8 heteroatoms. The molecule has 1 aromatic heterocycles. The minimum absolute atomic E-state index is 0.137. The normalized spacial score (nSPS) is 13.8. The largest absolute Gasteiger partial charge is 0.361 e. The van der Waals surface area contributed by atoms with Crippen LogP contribution in [0.4, 0.5) is 28.7 Å². The van der Waals surface area contributed by atoms with Crippen LogP contribution in [0, 0.1) is 10.1 Å². The molecule has 0 bridgehead atoms. The SMILES string of the molecule is O=[N+]([O-])c1c(NC2CCCC2)ncnc1NN(c1ccccc1)c1ccccc1. The van der Waals surface area contributed by atoms with Crippen LogP contribution in [-0.2, 0) is 0 Å². The maximum atomic E-state index is 11.9. The van der Waals surface area contributed by atoms with Crippen molar-refractivity contribution < 1.29 is 4.92 Å². The highest BCUT2D eigenvalue weighted by Gasteiger charge is 2.27. The van der Waals surface area contributed by atoms with Crippen molar-refractivity contribution in [1.82, 2.24) is 9.97 Å². The van der Waals surface area contributed by atoms with Gasteiger partial charge in [0.2, 0.25) is 11.6 Å². The van der Waals surface area contributed by atoms with Crippen molar-refractivity contribution in [3.63, 3.8) is 0 Å². The molecule has 0 saturated heterocycles. The molecule has 0 radical (unpaired) electrons. The van der Waals surface area contributed by atoms with E-state index in [1.54, 1.807) is 5.01 Å². The molecule has 2 N–H and O–H groups in total. The first-order chi connectivity index (χ1) is 14.2. The number of nitro groups is 1. The summed E-state index contributed by atoms with van der Waals surface area (Å²) in [6.45, 7) is 0. The number of rotatable bonds is 7. The molecule has 8 nitrogen and oxygen atoms in total. The molecule has 1 heterocycles. The average Bonchev–Trinajstić information content (AvgIpc) is 3.26. The Morgan fingerprint density at radius 3 is 2.00 bits per heavy atom. The van der Waals surface area contributed by atoms with Gasteiger partial charge in [-0.3, -0.25) is 20.5 Å². The van der Waals surface area contributed by atoms with E-state index in [1.807, 2.05) is 60.7 Å². The van der Waals surface area contributed by atoms with Crippen LogP contribution in [0.15, 0.2) is 67.0 Å². The highest BCUT2D eigenvalue weighted by Crippen LogP contribution is 2.34. The third-order valence-electron chi connectivity index (χ3n) is 4.95. The van der Waals surface area contributed by atoms with E-state index in [0.29, 0.717) is 0 Å². The number of nitrogens with zero attached hydrogens (tertiary/aromatic N) is 4. The standard InChI is InChI=1S/C21H22N6O2/c28-27(29)19-20(24-16-9-7-8-10-16)22-15-23-21(19)25-26(17-11-3-1-4-12-17)18-13-5-2-6-14-18/h1-6,11-16H,7-10H2,(H2,22,23,24,25). The first-order valence-electron chi connectivity index (χ1n) is 9.65. The molecular weight excluding hydrogens is 368 g/mol. The average molecular weight is 390 g/mol. The molecule has 1 aliphatic carbocycles. The van der Waals surface area contributed by atoms with Crippen molar-refractivity contribution in [3.05, 3.63) is 77.1 Å². The van der Waals surface area contributed by atoms with Crippen LogP contribution in [-0.4, -0.2) is 20.9 Å². The summed E-state index contributed by atoms with van der Waals surface area (Å²) in [6.07, 6.45) is 5.57. The van der Waals surface area contributed by atoms with Gasteiger partial charge < -0.3 is 5.32 Å². The van der Waals surface area contributed by atoms with Gasteiger partial charge in [-0.15, -0.1) is 0 Å². The maximum Gasteiger partial charge on any atom is 0.354 e. The summed E-state index contributed by atoms with van der Waals surface area (Å²) < 4.78 is 0. The van der Waals surface area contributed by atoms with E-state index in [1.165, 1.54) is 6.33 Å². The van der Waals surface area contributed by atoms with Gasteiger partial charge in [0.1, 0.15) is 6.33 Å². The number of hydrazine groups is 1. The molecule has 1 saturated carbocycles. The first-order valence-corrected chi connectivity index (χ1v) is 9.65. The van der Waals surface area contributed by atoms with Crippen LogP contribution in [0.1, 0.15) is 25.7 Å². The molecule has 1 aliphatic rings. The fourth-order valence-corrected chi connectivity index (χ4v) is 3.54. The van der Waals surface area contributed by atoms with E-state index in [4.69, 9.17) is 0 Å². The molecule has 0 amide bonds. The van der Waals surface area contributed by atoms with Gasteiger partial charge in [0.15, 0.2) is 0 Å². The number of hydrogen-bond donors (Lipinski definition) is 2. The Morgan fingerprint density at radius 1 is 0.897 bits per heavy atom. The lowest BCUT2D eigenvalue weighted by atomic mass is 10.2. The summed E-state index contributed by atoms with van der Waals surface area (Å²) >= 11 is 0. The molecule has 0 aliphatic heterocycles. The Morgan fingerprint density at radius 2 is 1.45 bits per heavy atom. The molecule has 4 rings (SSSR count). The summed E-state index contributed by atoms with van der Waals surface area (Å²) in [5.74, 6) is 0.388. The van der Waals surface area contributed by atoms with Crippen LogP contribution in [0.25, 0.3) is 0 Å². The predicted molar refractivity (Wildman–Crippen MR) is 113 cm³/mol. The van der Waals surface area contributed by atoms with Crippen LogP contribution < -0.4 is 15.8 Å². The molecule has 1 fully saturated rings. The Kier molecular flexibility index (Phi) is 5.51.